The van der Waals surface area contributed by atoms with Crippen LogP contribution in [0.4, 0.5) is 20.6 Å². The van der Waals surface area contributed by atoms with Crippen molar-refractivity contribution in [1.29, 1.82) is 0 Å². The lowest BCUT2D eigenvalue weighted by Crippen LogP contribution is -2.37. The van der Waals surface area contributed by atoms with Crippen LogP contribution in [-0.2, 0) is 11.3 Å². The summed E-state index contributed by atoms with van der Waals surface area (Å²) >= 11 is 0. The minimum absolute atomic E-state index is 0.176. The molecule has 0 unspecified atom stereocenters. The summed E-state index contributed by atoms with van der Waals surface area (Å²) in [6, 6.07) is 11.9. The van der Waals surface area contributed by atoms with Crippen LogP contribution in [0.25, 0.3) is 0 Å². The maximum absolute atomic E-state index is 13.8. The number of hydrogen-bond acceptors (Lipinski definition) is 4. The van der Waals surface area contributed by atoms with Crippen LogP contribution >= 0.6 is 0 Å². The highest BCUT2D eigenvalue weighted by atomic mass is 19.1. The fraction of sp³-hybridized carbons (Fsp3) is 0.350. The normalized spacial score (nSPS) is 16.9. The summed E-state index contributed by atoms with van der Waals surface area (Å²) < 4.78 is 25.0. The number of para-hydroxylation sites is 1. The first kappa shape index (κ1) is 17.6. The number of benzene rings is 2. The van der Waals surface area contributed by atoms with Crippen molar-refractivity contribution in [3.63, 3.8) is 0 Å². The minimum Gasteiger partial charge on any atom is -0.491 e. The predicted molar refractivity (Wildman–Crippen MR) is 101 cm³/mol. The first-order valence-electron chi connectivity index (χ1n) is 9.09. The van der Waals surface area contributed by atoms with Crippen LogP contribution in [0, 0.1) is 5.82 Å². The molecule has 2 amide bonds. The Morgan fingerprint density at radius 2 is 1.85 bits per heavy atom. The van der Waals surface area contributed by atoms with Crippen LogP contribution in [0.5, 0.6) is 5.75 Å². The number of nitrogens with one attached hydrogen (secondary N) is 1. The quantitative estimate of drug-likeness (QED) is 0.882. The van der Waals surface area contributed by atoms with Gasteiger partial charge in [-0.1, -0.05) is 12.1 Å². The zero-order valence-electron chi connectivity index (χ0n) is 15.0. The van der Waals surface area contributed by atoms with E-state index >= 15 is 0 Å². The summed E-state index contributed by atoms with van der Waals surface area (Å²) in [4.78, 5) is 16.5. The molecular formula is C20H22FN3O3. The number of fused-ring (bicyclic) bond motifs is 1. The van der Waals surface area contributed by atoms with Gasteiger partial charge in [0.05, 0.1) is 32.0 Å². The smallest absolute Gasteiger partial charge is 0.322 e. The van der Waals surface area contributed by atoms with Crippen molar-refractivity contribution < 1.29 is 18.7 Å². The first-order valence-corrected chi connectivity index (χ1v) is 9.09. The van der Waals surface area contributed by atoms with Crippen LogP contribution in [0.3, 0.4) is 0 Å². The highest BCUT2D eigenvalue weighted by Gasteiger charge is 2.22. The molecule has 1 N–H and O–H groups in total. The van der Waals surface area contributed by atoms with Crippen LogP contribution in [0.15, 0.2) is 42.5 Å². The van der Waals surface area contributed by atoms with E-state index in [1.165, 1.54) is 6.07 Å². The molecule has 0 radical (unpaired) electrons. The van der Waals surface area contributed by atoms with Gasteiger partial charge in [0, 0.05) is 24.3 Å². The third-order valence-corrected chi connectivity index (χ3v) is 4.80. The summed E-state index contributed by atoms with van der Waals surface area (Å²) in [5.74, 6) is 0.333. The van der Waals surface area contributed by atoms with Gasteiger partial charge in [0.15, 0.2) is 0 Å². The monoisotopic (exact) mass is 371 g/mol. The molecule has 6 nitrogen and oxygen atoms in total. The molecule has 0 aromatic heterocycles. The molecule has 4 rings (SSSR count). The Morgan fingerprint density at radius 3 is 2.67 bits per heavy atom. The van der Waals surface area contributed by atoms with E-state index in [-0.39, 0.29) is 11.7 Å². The van der Waals surface area contributed by atoms with E-state index in [9.17, 15) is 9.18 Å². The molecule has 0 saturated carbocycles. The van der Waals surface area contributed by atoms with Crippen LogP contribution in [-0.4, -0.2) is 50.4 Å². The average molecular weight is 371 g/mol. The molecule has 2 aliphatic heterocycles. The molecule has 7 heteroatoms. The van der Waals surface area contributed by atoms with Gasteiger partial charge in [-0.2, -0.15) is 0 Å². The van der Waals surface area contributed by atoms with E-state index in [0.717, 1.165) is 30.1 Å². The second kappa shape index (κ2) is 7.84. The molecule has 0 atom stereocenters. The molecule has 2 heterocycles. The number of hydrogen-bond donors (Lipinski definition) is 1. The van der Waals surface area contributed by atoms with Gasteiger partial charge in [-0.3, -0.25) is 0 Å². The van der Waals surface area contributed by atoms with Gasteiger partial charge < -0.3 is 24.6 Å². The zero-order valence-corrected chi connectivity index (χ0v) is 15.0. The number of amides is 2. The number of morpholine rings is 1. The van der Waals surface area contributed by atoms with Gasteiger partial charge >= 0.3 is 6.03 Å². The van der Waals surface area contributed by atoms with E-state index < -0.39 is 5.82 Å². The summed E-state index contributed by atoms with van der Waals surface area (Å²) in [7, 11) is 0. The Balaban J connectivity index is 1.51. The first-order chi connectivity index (χ1) is 13.2. The fourth-order valence-electron chi connectivity index (χ4n) is 3.33. The highest BCUT2D eigenvalue weighted by Crippen LogP contribution is 2.29. The van der Waals surface area contributed by atoms with Crippen LogP contribution in [0.2, 0.25) is 0 Å². The van der Waals surface area contributed by atoms with Crippen molar-refractivity contribution in [3.05, 3.63) is 53.8 Å². The van der Waals surface area contributed by atoms with E-state index in [1.54, 1.807) is 23.1 Å². The van der Waals surface area contributed by atoms with Gasteiger partial charge in [-0.15, -0.1) is 0 Å². The standard InChI is InChI=1S/C20H22FN3O3/c21-17-3-1-2-4-18(17)22-20(25)24-9-12-27-19-6-5-16(13-15(19)14-24)23-7-10-26-11-8-23/h1-6,13H,7-12,14H2,(H,22,25). The lowest BCUT2D eigenvalue weighted by atomic mass is 10.1. The largest absolute Gasteiger partial charge is 0.491 e. The zero-order chi connectivity index (χ0) is 18.6. The minimum atomic E-state index is -0.452. The number of nitrogens with zero attached hydrogens (tertiary/aromatic N) is 2. The third kappa shape index (κ3) is 3.98. The van der Waals surface area contributed by atoms with E-state index in [4.69, 9.17) is 9.47 Å². The third-order valence-electron chi connectivity index (χ3n) is 4.80. The van der Waals surface area contributed by atoms with E-state index in [0.29, 0.717) is 32.9 Å². The Hall–Kier alpha value is -2.80. The summed E-state index contributed by atoms with van der Waals surface area (Å²) in [6.45, 7) is 4.36. The van der Waals surface area contributed by atoms with Crippen molar-refractivity contribution in [3.8, 4) is 5.75 Å². The number of carbonyl (C=O) groups is 1. The van der Waals surface area contributed by atoms with Crippen LogP contribution < -0.4 is 15.0 Å². The number of halogens is 1. The van der Waals surface area contributed by atoms with Gasteiger partial charge in [0.25, 0.3) is 0 Å². The molecule has 27 heavy (non-hydrogen) atoms. The van der Waals surface area contributed by atoms with Gasteiger partial charge in [-0.05, 0) is 30.3 Å². The maximum atomic E-state index is 13.8. The van der Waals surface area contributed by atoms with Crippen molar-refractivity contribution in [2.75, 3.05) is 49.7 Å². The van der Waals surface area contributed by atoms with Crippen molar-refractivity contribution in [2.45, 2.75) is 6.54 Å². The second-order valence-electron chi connectivity index (χ2n) is 6.57. The van der Waals surface area contributed by atoms with Gasteiger partial charge in [0.1, 0.15) is 18.2 Å². The van der Waals surface area contributed by atoms with Gasteiger partial charge in [-0.25, -0.2) is 9.18 Å². The number of ether oxygens (including phenoxy) is 2. The molecule has 2 aliphatic rings. The molecular weight excluding hydrogens is 349 g/mol. The van der Waals surface area contributed by atoms with Crippen molar-refractivity contribution >= 4 is 17.4 Å². The lowest BCUT2D eigenvalue weighted by Gasteiger charge is -2.29. The average Bonchev–Trinajstić information content (AvgIpc) is 2.92. The number of urea groups is 1. The SMILES string of the molecule is O=C(Nc1ccccc1F)N1CCOc2ccc(N3CCOCC3)cc2C1. The van der Waals surface area contributed by atoms with E-state index in [1.807, 2.05) is 12.1 Å². The Kier molecular flexibility index (Phi) is 5.11. The molecule has 142 valence electrons. The second-order valence-corrected chi connectivity index (χ2v) is 6.57. The molecule has 0 spiro atoms. The molecule has 1 saturated heterocycles. The molecule has 1 fully saturated rings. The Bertz CT molecular complexity index is 824. The highest BCUT2D eigenvalue weighted by molar-refractivity contribution is 5.89. The topological polar surface area (TPSA) is 54.0 Å². The van der Waals surface area contributed by atoms with Gasteiger partial charge in [0.2, 0.25) is 0 Å². The van der Waals surface area contributed by atoms with Crippen molar-refractivity contribution in [1.82, 2.24) is 4.90 Å². The summed E-state index contributed by atoms with van der Waals surface area (Å²) in [5, 5.41) is 2.65. The Labute approximate surface area is 157 Å². The molecule has 2 aromatic carbocycles. The van der Waals surface area contributed by atoms with Crippen LogP contribution in [0.1, 0.15) is 5.56 Å². The predicted octanol–water partition coefficient (Wildman–Crippen LogP) is 3.09. The summed E-state index contributed by atoms with van der Waals surface area (Å²) in [6.07, 6.45) is 0. The molecule has 2 aromatic rings. The number of carbonyl (C=O) groups excluding carboxylic acids is 1. The molecule has 0 aliphatic carbocycles. The molecule has 0 bridgehead atoms. The lowest BCUT2D eigenvalue weighted by molar-refractivity contribution is 0.122. The Morgan fingerprint density at radius 1 is 1.04 bits per heavy atom. The van der Waals surface area contributed by atoms with E-state index in [2.05, 4.69) is 16.3 Å². The fourth-order valence-corrected chi connectivity index (χ4v) is 3.33. The summed E-state index contributed by atoms with van der Waals surface area (Å²) in [5.41, 5.74) is 2.21. The maximum Gasteiger partial charge on any atom is 0.322 e. The number of anilines is 2. The van der Waals surface area contributed by atoms with Crippen molar-refractivity contribution in [2.24, 2.45) is 0 Å². The number of rotatable bonds is 2.